The molecule has 5 rings (SSSR count). The number of amides is 1. The van der Waals surface area contributed by atoms with E-state index in [2.05, 4.69) is 40.5 Å². The van der Waals surface area contributed by atoms with Gasteiger partial charge in [0.05, 0.1) is 30.9 Å². The smallest absolute Gasteiger partial charge is 0.254 e. The molecule has 8 nitrogen and oxygen atoms in total. The zero-order valence-electron chi connectivity index (χ0n) is 23.1. The Morgan fingerprint density at radius 1 is 1.24 bits per heavy atom. The van der Waals surface area contributed by atoms with E-state index in [9.17, 15) is 9.59 Å². The van der Waals surface area contributed by atoms with Crippen LogP contribution in [0.15, 0.2) is 40.0 Å². The first-order valence-corrected chi connectivity index (χ1v) is 14.5. The fourth-order valence-corrected chi connectivity index (χ4v) is 6.65. The maximum absolute atomic E-state index is 13.5. The molecule has 2 N–H and O–H groups in total. The van der Waals surface area contributed by atoms with Gasteiger partial charge in [-0.1, -0.05) is 18.2 Å². The van der Waals surface area contributed by atoms with Gasteiger partial charge in [0.1, 0.15) is 0 Å². The van der Waals surface area contributed by atoms with Crippen LogP contribution in [-0.2, 0) is 16.0 Å². The van der Waals surface area contributed by atoms with E-state index in [4.69, 9.17) is 9.47 Å². The van der Waals surface area contributed by atoms with Gasteiger partial charge in [0.2, 0.25) is 0 Å². The van der Waals surface area contributed by atoms with Gasteiger partial charge in [-0.2, -0.15) is 0 Å². The highest BCUT2D eigenvalue weighted by molar-refractivity contribution is 7.98. The third kappa shape index (κ3) is 4.81. The van der Waals surface area contributed by atoms with Gasteiger partial charge >= 0.3 is 0 Å². The van der Waals surface area contributed by atoms with Crippen LogP contribution in [0.3, 0.4) is 0 Å². The van der Waals surface area contributed by atoms with Crippen LogP contribution in [0, 0.1) is 13.8 Å². The zero-order chi connectivity index (χ0) is 27.2. The summed E-state index contributed by atoms with van der Waals surface area (Å²) in [6.07, 6.45) is 2.72. The number of aromatic nitrogens is 2. The second-order valence-corrected chi connectivity index (χ2v) is 11.9. The minimum atomic E-state index is -0.406. The lowest BCUT2D eigenvalue weighted by molar-refractivity contribution is -0.236. The molecular weight excluding hydrogens is 500 g/mol. The molecule has 2 saturated heterocycles. The number of pyridine rings is 1. The molecule has 1 unspecified atom stereocenters. The summed E-state index contributed by atoms with van der Waals surface area (Å²) in [7, 11) is 0. The van der Waals surface area contributed by atoms with Gasteiger partial charge in [0.15, 0.2) is 6.29 Å². The number of fused-ring (bicyclic) bond motifs is 1. The number of benzene rings is 1. The maximum atomic E-state index is 13.5. The number of carbonyl (C=O) groups is 1. The molecular formula is C29H38N4O4S. The van der Waals surface area contributed by atoms with E-state index in [1.807, 2.05) is 50.4 Å². The van der Waals surface area contributed by atoms with Crippen LogP contribution in [0.2, 0.25) is 0 Å². The molecule has 0 spiro atoms. The topological polar surface area (TPSA) is 88.6 Å². The molecule has 1 aromatic carbocycles. The largest absolute Gasteiger partial charge is 0.349 e. The number of likely N-dealkylation sites (tertiary alicyclic amines) is 1. The highest BCUT2D eigenvalue weighted by Gasteiger charge is 2.43. The van der Waals surface area contributed by atoms with Crippen LogP contribution in [0.5, 0.6) is 0 Å². The molecule has 2 fully saturated rings. The molecule has 1 amide bonds. The molecule has 2 aromatic heterocycles. The number of rotatable bonds is 7. The fraction of sp³-hybridized carbons (Fsp3) is 0.517. The molecule has 4 heterocycles. The van der Waals surface area contributed by atoms with E-state index in [1.54, 1.807) is 0 Å². The molecule has 9 heteroatoms. The van der Waals surface area contributed by atoms with Crippen LogP contribution < -0.4 is 10.9 Å². The van der Waals surface area contributed by atoms with Crippen molar-refractivity contribution in [2.75, 3.05) is 26.0 Å². The Labute approximate surface area is 228 Å². The summed E-state index contributed by atoms with van der Waals surface area (Å²) in [5, 5.41) is 3.87. The molecule has 2 aliphatic rings. The van der Waals surface area contributed by atoms with Crippen molar-refractivity contribution in [3.05, 3.63) is 63.2 Å². The minimum absolute atomic E-state index is 0.130. The van der Waals surface area contributed by atoms with Gasteiger partial charge in [-0.05, 0) is 59.4 Å². The quantitative estimate of drug-likeness (QED) is 0.434. The molecule has 204 valence electrons. The average Bonchev–Trinajstić information content (AvgIpc) is 3.18. The van der Waals surface area contributed by atoms with Crippen LogP contribution in [0.1, 0.15) is 60.5 Å². The summed E-state index contributed by atoms with van der Waals surface area (Å²) >= 11 is 1.50. The summed E-state index contributed by atoms with van der Waals surface area (Å²) in [4.78, 5) is 32.3. The molecule has 0 saturated carbocycles. The van der Waals surface area contributed by atoms with E-state index in [0.29, 0.717) is 24.3 Å². The molecule has 38 heavy (non-hydrogen) atoms. The van der Waals surface area contributed by atoms with Crippen molar-refractivity contribution in [1.29, 1.82) is 0 Å². The van der Waals surface area contributed by atoms with Crippen molar-refractivity contribution in [1.82, 2.24) is 19.8 Å². The van der Waals surface area contributed by atoms with Gasteiger partial charge in [-0.15, -0.1) is 11.8 Å². The number of carbonyl (C=O) groups excluding carboxylic acids is 1. The lowest BCUT2D eigenvalue weighted by atomic mass is 9.87. The Morgan fingerprint density at radius 3 is 2.58 bits per heavy atom. The Morgan fingerprint density at radius 2 is 1.95 bits per heavy atom. The minimum Gasteiger partial charge on any atom is -0.349 e. The van der Waals surface area contributed by atoms with E-state index >= 15 is 0 Å². The zero-order valence-corrected chi connectivity index (χ0v) is 23.9. The third-order valence-electron chi connectivity index (χ3n) is 8.15. The monoisotopic (exact) mass is 538 g/mol. The van der Waals surface area contributed by atoms with Crippen LogP contribution in [0.25, 0.3) is 10.9 Å². The number of ether oxygens (including phenoxy) is 2. The van der Waals surface area contributed by atoms with Gasteiger partial charge in [-0.25, -0.2) is 0 Å². The highest BCUT2D eigenvalue weighted by atomic mass is 32.2. The first-order valence-electron chi connectivity index (χ1n) is 13.3. The SMILES string of the molecule is CSc1cc(C)[nH]c(=O)c1CNC(=O)c1c(C)n(C(C)C2OCC(N3CCC3(C)C)CO2)c2ccccc12. The Kier molecular flexibility index (Phi) is 7.48. The van der Waals surface area contributed by atoms with Crippen molar-refractivity contribution in [3.8, 4) is 0 Å². The highest BCUT2D eigenvalue weighted by Crippen LogP contribution is 2.36. The summed E-state index contributed by atoms with van der Waals surface area (Å²) in [5.74, 6) is -0.206. The van der Waals surface area contributed by atoms with Crippen molar-refractivity contribution in [3.63, 3.8) is 0 Å². The molecule has 1 atom stereocenters. The summed E-state index contributed by atoms with van der Waals surface area (Å²) in [5.41, 5.74) is 3.80. The van der Waals surface area contributed by atoms with Gasteiger partial charge in [0, 0.05) is 51.4 Å². The predicted octanol–water partition coefficient (Wildman–Crippen LogP) is 4.39. The van der Waals surface area contributed by atoms with Gasteiger partial charge < -0.3 is 24.3 Å². The van der Waals surface area contributed by atoms with Crippen molar-refractivity contribution in [2.45, 2.75) is 76.4 Å². The molecule has 0 radical (unpaired) electrons. The van der Waals surface area contributed by atoms with E-state index in [1.165, 1.54) is 18.2 Å². The average molecular weight is 539 g/mol. The third-order valence-corrected chi connectivity index (χ3v) is 8.95. The number of hydrogen-bond acceptors (Lipinski definition) is 6. The van der Waals surface area contributed by atoms with E-state index in [-0.39, 0.29) is 35.6 Å². The standard InChI is InChI=1S/C29H38N4O4S/c1-17-13-24(38-6)22(26(34)31-17)14-30-27(35)25-18(2)33(23-10-8-7-9-21(23)25)19(3)28-36-15-20(16-37-28)32-12-11-29(32,4)5/h7-10,13,19-20,28H,11-12,14-16H2,1-6H3,(H,30,35)(H,31,34). The van der Waals surface area contributed by atoms with E-state index in [0.717, 1.165) is 33.7 Å². The number of aryl methyl sites for hydroxylation is 1. The maximum Gasteiger partial charge on any atom is 0.254 e. The Balaban J connectivity index is 1.37. The number of nitrogens with one attached hydrogen (secondary N) is 2. The van der Waals surface area contributed by atoms with E-state index < -0.39 is 6.29 Å². The van der Waals surface area contributed by atoms with Crippen LogP contribution >= 0.6 is 11.8 Å². The lowest BCUT2D eigenvalue weighted by Gasteiger charge is -2.53. The number of aromatic amines is 1. The number of para-hydroxylation sites is 1. The number of H-pyrrole nitrogens is 1. The first-order chi connectivity index (χ1) is 18.1. The van der Waals surface area contributed by atoms with Crippen LogP contribution in [0.4, 0.5) is 0 Å². The predicted molar refractivity (Wildman–Crippen MR) is 151 cm³/mol. The second-order valence-electron chi connectivity index (χ2n) is 11.0. The number of hydrogen-bond donors (Lipinski definition) is 2. The number of nitrogens with zero attached hydrogens (tertiary/aromatic N) is 2. The fourth-order valence-electron chi connectivity index (χ4n) is 5.95. The van der Waals surface area contributed by atoms with Crippen molar-refractivity contribution >= 4 is 28.6 Å². The Hall–Kier alpha value is -2.59. The summed E-state index contributed by atoms with van der Waals surface area (Å²) in [6.45, 7) is 12.9. The van der Waals surface area contributed by atoms with Crippen molar-refractivity contribution in [2.24, 2.45) is 0 Å². The molecule has 0 aliphatic carbocycles. The lowest BCUT2D eigenvalue weighted by Crippen LogP contribution is -2.64. The second kappa shape index (κ2) is 10.5. The molecule has 0 bridgehead atoms. The molecule has 3 aromatic rings. The van der Waals surface area contributed by atoms with Gasteiger partial charge in [0.25, 0.3) is 11.5 Å². The molecule has 2 aliphatic heterocycles. The van der Waals surface area contributed by atoms with Crippen LogP contribution in [-0.4, -0.2) is 64.2 Å². The first kappa shape index (κ1) is 27.0. The Bertz CT molecular complexity index is 1400. The summed E-state index contributed by atoms with van der Waals surface area (Å²) < 4.78 is 14.7. The number of thioether (sulfide) groups is 1. The normalized spacial score (nSPS) is 22.3. The van der Waals surface area contributed by atoms with Gasteiger partial charge in [-0.3, -0.25) is 14.5 Å². The van der Waals surface area contributed by atoms with Crippen molar-refractivity contribution < 1.29 is 14.3 Å². The summed E-state index contributed by atoms with van der Waals surface area (Å²) in [6, 6.07) is 9.99.